The minimum Gasteiger partial charge on any atom is -0.462 e. The molecule has 9 unspecified atom stereocenters. The van der Waals surface area contributed by atoms with E-state index in [-0.39, 0.29) is 45.8 Å². The van der Waals surface area contributed by atoms with Crippen LogP contribution in [0.2, 0.25) is 0 Å². The number of rotatable bonds is 5. The minimum atomic E-state index is -0.315. The van der Waals surface area contributed by atoms with Crippen LogP contribution in [0.15, 0.2) is 0 Å². The van der Waals surface area contributed by atoms with Crippen molar-refractivity contribution in [2.45, 2.75) is 117 Å². The van der Waals surface area contributed by atoms with E-state index in [0.29, 0.717) is 29.6 Å². The highest BCUT2D eigenvalue weighted by Crippen LogP contribution is 2.71. The van der Waals surface area contributed by atoms with E-state index in [1.165, 1.54) is 25.7 Å². The van der Waals surface area contributed by atoms with Crippen LogP contribution in [0.3, 0.4) is 0 Å². The van der Waals surface area contributed by atoms with Gasteiger partial charge in [0, 0.05) is 0 Å². The molecule has 4 heteroatoms. The van der Waals surface area contributed by atoms with Crippen LogP contribution >= 0.6 is 0 Å². The lowest BCUT2D eigenvalue weighted by atomic mass is 9.66. The largest absolute Gasteiger partial charge is 0.462 e. The lowest BCUT2D eigenvalue weighted by molar-refractivity contribution is -0.170. The van der Waals surface area contributed by atoms with Crippen molar-refractivity contribution in [3.63, 3.8) is 0 Å². The molecule has 0 saturated heterocycles. The molecule has 34 heavy (non-hydrogen) atoms. The van der Waals surface area contributed by atoms with E-state index in [0.717, 1.165) is 44.4 Å². The Morgan fingerprint density at radius 2 is 1.50 bits per heavy atom. The van der Waals surface area contributed by atoms with Gasteiger partial charge in [-0.3, -0.25) is 9.59 Å². The van der Waals surface area contributed by atoms with Gasteiger partial charge in [0.25, 0.3) is 0 Å². The number of ether oxygens (including phenoxy) is 2. The molecule has 0 N–H and O–H groups in total. The van der Waals surface area contributed by atoms with Gasteiger partial charge in [0.15, 0.2) is 0 Å². The summed E-state index contributed by atoms with van der Waals surface area (Å²) in [5, 5.41) is 0. The summed E-state index contributed by atoms with van der Waals surface area (Å²) in [6.45, 7) is 13.3. The number of carbonyl (C=O) groups is 2. The van der Waals surface area contributed by atoms with Crippen molar-refractivity contribution in [2.75, 3.05) is 0 Å². The van der Waals surface area contributed by atoms with E-state index < -0.39 is 0 Å². The normalized spacial score (nSPS) is 47.0. The lowest BCUT2D eigenvalue weighted by Crippen LogP contribution is -2.43. The zero-order valence-corrected chi connectivity index (χ0v) is 22.3. The summed E-state index contributed by atoms with van der Waals surface area (Å²) < 4.78 is 12.6. The summed E-state index contributed by atoms with van der Waals surface area (Å²) >= 11 is 0. The van der Waals surface area contributed by atoms with Gasteiger partial charge in [-0.2, -0.15) is 0 Å². The van der Waals surface area contributed by atoms with Crippen molar-refractivity contribution in [3.8, 4) is 0 Å². The van der Waals surface area contributed by atoms with Crippen molar-refractivity contribution in [3.05, 3.63) is 0 Å². The molecule has 6 rings (SSSR count). The zero-order chi connectivity index (χ0) is 24.3. The summed E-state index contributed by atoms with van der Waals surface area (Å²) in [6, 6.07) is 0. The second-order valence-corrected chi connectivity index (χ2v) is 15.5. The predicted octanol–water partition coefficient (Wildman–Crippen LogP) is 6.55. The van der Waals surface area contributed by atoms with Gasteiger partial charge in [0.1, 0.15) is 11.7 Å². The minimum absolute atomic E-state index is 0.0369. The molecule has 6 saturated carbocycles. The summed E-state index contributed by atoms with van der Waals surface area (Å²) in [6.07, 6.45) is 10.8. The molecule has 0 spiro atoms. The fourth-order valence-corrected chi connectivity index (χ4v) is 10.1. The standard InChI is InChI=1S/C30H46O4/c1-27(2,3)15-30(16-28(30,4)5)26(32)33-22-14-18-13-21(22)24-19-11-17(23(18)24)12-20(19)25(31)34-29(6)9-7-8-10-29/h17-24H,7-16H2,1-6H3. The second-order valence-electron chi connectivity index (χ2n) is 15.5. The SMILES string of the molecule is CC(C)(C)CC1(C(=O)OC2CC3CC2C2C4CC(CC4C(=O)OC4(C)CCCC4)C32)CC1(C)C. The third-order valence-corrected chi connectivity index (χ3v) is 11.5. The monoisotopic (exact) mass is 470 g/mol. The molecule has 4 nitrogen and oxygen atoms in total. The quantitative estimate of drug-likeness (QED) is 0.337. The molecular weight excluding hydrogens is 424 g/mol. The highest BCUT2D eigenvalue weighted by Gasteiger charge is 2.70. The van der Waals surface area contributed by atoms with Gasteiger partial charge in [0.05, 0.1) is 11.3 Å². The maximum atomic E-state index is 13.6. The number of hydrogen-bond donors (Lipinski definition) is 0. The van der Waals surface area contributed by atoms with E-state index >= 15 is 0 Å². The summed E-state index contributed by atoms with van der Waals surface area (Å²) in [4.78, 5) is 26.9. The Morgan fingerprint density at radius 3 is 2.12 bits per heavy atom. The van der Waals surface area contributed by atoms with Gasteiger partial charge >= 0.3 is 11.9 Å². The Kier molecular flexibility index (Phi) is 4.98. The maximum absolute atomic E-state index is 13.6. The van der Waals surface area contributed by atoms with Crippen LogP contribution in [0.4, 0.5) is 0 Å². The van der Waals surface area contributed by atoms with E-state index in [1.807, 2.05) is 0 Å². The van der Waals surface area contributed by atoms with Crippen LogP contribution in [0, 0.1) is 57.7 Å². The summed E-state index contributed by atoms with van der Waals surface area (Å²) in [7, 11) is 0. The van der Waals surface area contributed by atoms with Crippen molar-refractivity contribution >= 4 is 11.9 Å². The van der Waals surface area contributed by atoms with Gasteiger partial charge in [-0.1, -0.05) is 34.6 Å². The molecule has 0 heterocycles. The highest BCUT2D eigenvalue weighted by molar-refractivity contribution is 5.82. The maximum Gasteiger partial charge on any atom is 0.312 e. The fourth-order valence-electron chi connectivity index (χ4n) is 10.1. The molecule has 0 aromatic heterocycles. The number of esters is 2. The molecule has 0 aromatic carbocycles. The van der Waals surface area contributed by atoms with Crippen molar-refractivity contribution in [2.24, 2.45) is 57.7 Å². The lowest BCUT2D eigenvalue weighted by Gasteiger charge is -2.41. The van der Waals surface area contributed by atoms with Gasteiger partial charge in [-0.05, 0) is 117 Å². The molecule has 9 atom stereocenters. The van der Waals surface area contributed by atoms with Crippen molar-refractivity contribution in [1.82, 2.24) is 0 Å². The Labute approximate surface area is 206 Å². The van der Waals surface area contributed by atoms with Gasteiger partial charge in [-0.25, -0.2) is 0 Å². The van der Waals surface area contributed by atoms with Crippen LogP contribution in [0.25, 0.3) is 0 Å². The second kappa shape index (κ2) is 7.25. The fraction of sp³-hybridized carbons (Fsp3) is 0.933. The van der Waals surface area contributed by atoms with Crippen LogP contribution < -0.4 is 0 Å². The first kappa shape index (κ1) is 23.3. The zero-order valence-electron chi connectivity index (χ0n) is 22.3. The Morgan fingerprint density at radius 1 is 0.882 bits per heavy atom. The Bertz CT molecular complexity index is 877. The Hall–Kier alpha value is -1.06. The van der Waals surface area contributed by atoms with Crippen LogP contribution in [0.5, 0.6) is 0 Å². The topological polar surface area (TPSA) is 52.6 Å². The summed E-state index contributed by atoms with van der Waals surface area (Å²) in [5.41, 5.74) is -0.399. The average Bonchev–Trinajstić information content (AvgIpc) is 3.37. The number of carbonyl (C=O) groups excluding carboxylic acids is 2. The first-order valence-electron chi connectivity index (χ1n) is 14.3. The molecule has 6 aliphatic rings. The third kappa shape index (κ3) is 3.43. The molecule has 0 amide bonds. The van der Waals surface area contributed by atoms with E-state index in [2.05, 4.69) is 41.5 Å². The van der Waals surface area contributed by atoms with Crippen LogP contribution in [0.1, 0.15) is 106 Å². The molecule has 0 aromatic rings. The van der Waals surface area contributed by atoms with Crippen molar-refractivity contribution in [1.29, 1.82) is 0 Å². The molecule has 6 aliphatic carbocycles. The predicted molar refractivity (Wildman–Crippen MR) is 131 cm³/mol. The molecule has 4 bridgehead atoms. The molecule has 0 aliphatic heterocycles. The molecular formula is C30H46O4. The van der Waals surface area contributed by atoms with Gasteiger partial charge in [0.2, 0.25) is 0 Å². The average molecular weight is 471 g/mol. The van der Waals surface area contributed by atoms with Gasteiger partial charge < -0.3 is 9.47 Å². The first-order valence-corrected chi connectivity index (χ1v) is 14.3. The van der Waals surface area contributed by atoms with Crippen LogP contribution in [-0.4, -0.2) is 23.6 Å². The number of fused-ring (bicyclic) bond motifs is 9. The smallest absolute Gasteiger partial charge is 0.312 e. The molecule has 190 valence electrons. The molecule has 6 fully saturated rings. The molecule has 0 radical (unpaired) electrons. The van der Waals surface area contributed by atoms with Gasteiger partial charge in [-0.15, -0.1) is 0 Å². The van der Waals surface area contributed by atoms with E-state index in [9.17, 15) is 9.59 Å². The number of hydrogen-bond acceptors (Lipinski definition) is 4. The van der Waals surface area contributed by atoms with Crippen molar-refractivity contribution < 1.29 is 19.1 Å². The van der Waals surface area contributed by atoms with E-state index in [1.54, 1.807) is 0 Å². The highest BCUT2D eigenvalue weighted by atomic mass is 16.6. The first-order chi connectivity index (χ1) is 15.8. The van der Waals surface area contributed by atoms with Crippen LogP contribution in [-0.2, 0) is 19.1 Å². The third-order valence-electron chi connectivity index (χ3n) is 11.5. The summed E-state index contributed by atoms with van der Waals surface area (Å²) in [5.74, 6) is 3.83. The van der Waals surface area contributed by atoms with E-state index in [4.69, 9.17) is 9.47 Å². The Balaban J connectivity index is 1.15.